The van der Waals surface area contributed by atoms with E-state index < -0.39 is 0 Å². The molecule has 0 aliphatic heterocycles. The molecular weight excluding hydrogens is 170 g/mol. The second-order valence-corrected chi connectivity index (χ2v) is 2.93. The van der Waals surface area contributed by atoms with Gasteiger partial charge in [-0.15, -0.1) is 0 Å². The van der Waals surface area contributed by atoms with Crippen LogP contribution in [0, 0.1) is 11.3 Å². The van der Waals surface area contributed by atoms with Gasteiger partial charge in [-0.25, -0.2) is 4.98 Å². The highest BCUT2D eigenvalue weighted by atomic mass is 32.1. The second-order valence-electron chi connectivity index (χ2n) is 2.49. The number of hydrogen-bond donors (Lipinski definition) is 1. The highest BCUT2D eigenvalue weighted by Crippen LogP contribution is 2.00. The van der Waals surface area contributed by atoms with E-state index in [0.717, 1.165) is 25.1 Å². The van der Waals surface area contributed by atoms with Gasteiger partial charge in [-0.1, -0.05) is 0 Å². The Morgan fingerprint density at radius 2 is 2.42 bits per heavy atom. The number of hydrogen-bond acceptors (Lipinski definition) is 3. The summed E-state index contributed by atoms with van der Waals surface area (Å²) in [6.07, 6.45) is 5.61. The highest BCUT2D eigenvalue weighted by Gasteiger charge is 1.98. The maximum atomic E-state index is 8.62. The molecule has 0 fully saturated rings. The topological polar surface area (TPSA) is 41.6 Å². The normalized spacial score (nSPS) is 9.67. The van der Waals surface area contributed by atoms with Crippen molar-refractivity contribution in [2.45, 2.75) is 19.4 Å². The third-order valence-electron chi connectivity index (χ3n) is 1.62. The summed E-state index contributed by atoms with van der Waals surface area (Å²) in [5.41, 5.74) is 0. The van der Waals surface area contributed by atoms with E-state index in [2.05, 4.69) is 17.6 Å². The Hall–Kier alpha value is -0.950. The summed E-state index contributed by atoms with van der Waals surface area (Å²) in [7, 11) is 0. The van der Waals surface area contributed by atoms with Crippen molar-refractivity contribution in [2.24, 2.45) is 0 Å². The number of nitriles is 1. The zero-order valence-corrected chi connectivity index (χ0v) is 7.67. The molecule has 0 saturated carbocycles. The van der Waals surface area contributed by atoms with Crippen LogP contribution >= 0.6 is 12.6 Å². The van der Waals surface area contributed by atoms with Gasteiger partial charge in [0.15, 0.2) is 0 Å². The Balaban J connectivity index is 2.46. The molecule has 0 bridgehead atoms. The largest absolute Gasteiger partial charge is 0.323 e. The van der Waals surface area contributed by atoms with Crippen LogP contribution in [0.5, 0.6) is 0 Å². The van der Waals surface area contributed by atoms with Gasteiger partial charge in [0, 0.05) is 18.9 Å². The van der Waals surface area contributed by atoms with Crippen molar-refractivity contribution in [3.63, 3.8) is 0 Å². The van der Waals surface area contributed by atoms with Crippen LogP contribution in [-0.2, 0) is 6.54 Å². The van der Waals surface area contributed by atoms with Gasteiger partial charge in [0.25, 0.3) is 0 Å². The molecule has 0 unspecified atom stereocenters. The van der Waals surface area contributed by atoms with Gasteiger partial charge < -0.3 is 4.57 Å². The summed E-state index contributed by atoms with van der Waals surface area (Å²) in [4.78, 5) is 3.90. The van der Waals surface area contributed by atoms with Gasteiger partial charge in [-0.2, -0.15) is 17.9 Å². The molecule has 4 heteroatoms. The predicted molar refractivity (Wildman–Crippen MR) is 50.0 cm³/mol. The lowest BCUT2D eigenvalue weighted by Crippen LogP contribution is -1.99. The molecule has 0 N–H and O–H groups in total. The number of imidazole rings is 1. The maximum absolute atomic E-state index is 8.62. The first-order chi connectivity index (χ1) is 5.88. The number of rotatable bonds is 4. The van der Waals surface area contributed by atoms with Crippen molar-refractivity contribution in [3.05, 3.63) is 18.2 Å². The predicted octanol–water partition coefficient (Wildman–Crippen LogP) is 1.46. The lowest BCUT2D eigenvalue weighted by molar-refractivity contribution is 0.628. The first-order valence-electron chi connectivity index (χ1n) is 3.90. The first-order valence-corrected chi connectivity index (χ1v) is 4.54. The van der Waals surface area contributed by atoms with Crippen molar-refractivity contribution >= 4 is 12.6 Å². The number of thiol groups is 1. The van der Waals surface area contributed by atoms with Gasteiger partial charge in [0.2, 0.25) is 5.82 Å². The molecule has 1 rings (SSSR count). The summed E-state index contributed by atoms with van der Waals surface area (Å²) in [5.74, 6) is 1.39. The molecule has 1 heterocycles. The summed E-state index contributed by atoms with van der Waals surface area (Å²) < 4.78 is 1.86. The molecule has 1 aromatic rings. The molecule has 0 radical (unpaired) electrons. The van der Waals surface area contributed by atoms with E-state index in [4.69, 9.17) is 5.26 Å². The van der Waals surface area contributed by atoms with Crippen LogP contribution < -0.4 is 0 Å². The van der Waals surface area contributed by atoms with Crippen molar-refractivity contribution in [1.29, 1.82) is 5.26 Å². The molecule has 0 spiro atoms. The number of aromatic nitrogens is 2. The third-order valence-corrected chi connectivity index (χ3v) is 1.94. The Morgan fingerprint density at radius 1 is 1.58 bits per heavy atom. The second kappa shape index (κ2) is 4.83. The SMILES string of the molecule is N#Cc1nccn1CCCCS. The summed E-state index contributed by atoms with van der Waals surface area (Å²) >= 11 is 4.11. The van der Waals surface area contributed by atoms with Gasteiger partial charge in [-0.3, -0.25) is 0 Å². The van der Waals surface area contributed by atoms with Crippen LogP contribution in [-0.4, -0.2) is 15.3 Å². The molecule has 0 aliphatic carbocycles. The Labute approximate surface area is 77.4 Å². The zero-order chi connectivity index (χ0) is 8.81. The van der Waals surface area contributed by atoms with E-state index in [-0.39, 0.29) is 0 Å². The molecule has 1 aromatic heterocycles. The molecule has 12 heavy (non-hydrogen) atoms. The lowest BCUT2D eigenvalue weighted by atomic mass is 10.3. The molecule has 0 aromatic carbocycles. The monoisotopic (exact) mass is 181 g/mol. The van der Waals surface area contributed by atoms with Crippen molar-refractivity contribution in [3.8, 4) is 6.07 Å². The minimum atomic E-state index is 0.495. The summed E-state index contributed by atoms with van der Waals surface area (Å²) in [5, 5.41) is 8.62. The number of nitrogens with zero attached hydrogens (tertiary/aromatic N) is 3. The van der Waals surface area contributed by atoms with E-state index in [0.29, 0.717) is 5.82 Å². The fraction of sp³-hybridized carbons (Fsp3) is 0.500. The van der Waals surface area contributed by atoms with E-state index in [1.807, 2.05) is 16.8 Å². The first kappa shape index (κ1) is 9.14. The molecule has 0 amide bonds. The summed E-state index contributed by atoms with van der Waals surface area (Å²) in [6.45, 7) is 0.865. The Bertz CT molecular complexity index is 274. The van der Waals surface area contributed by atoms with Crippen molar-refractivity contribution < 1.29 is 0 Å². The van der Waals surface area contributed by atoms with Crippen LogP contribution in [0.3, 0.4) is 0 Å². The van der Waals surface area contributed by atoms with Crippen LogP contribution in [0.1, 0.15) is 18.7 Å². The lowest BCUT2D eigenvalue weighted by Gasteiger charge is -2.00. The molecule has 3 nitrogen and oxygen atoms in total. The average Bonchev–Trinajstić information content (AvgIpc) is 2.52. The molecule has 64 valence electrons. The molecule has 0 atom stereocenters. The van der Waals surface area contributed by atoms with Gasteiger partial charge in [-0.05, 0) is 18.6 Å². The van der Waals surface area contributed by atoms with Gasteiger partial charge in [0.1, 0.15) is 6.07 Å². The minimum absolute atomic E-state index is 0.495. The van der Waals surface area contributed by atoms with Crippen LogP contribution in [0.25, 0.3) is 0 Å². The van der Waals surface area contributed by atoms with E-state index in [1.165, 1.54) is 0 Å². The number of aryl methyl sites for hydroxylation is 1. The van der Waals surface area contributed by atoms with Crippen LogP contribution in [0.15, 0.2) is 12.4 Å². The average molecular weight is 181 g/mol. The van der Waals surface area contributed by atoms with Gasteiger partial charge >= 0.3 is 0 Å². The standard InChI is InChI=1S/C8H11N3S/c9-7-8-10-3-5-11(8)4-1-2-6-12/h3,5,12H,1-2,4,6H2. The van der Waals surface area contributed by atoms with Crippen molar-refractivity contribution in [1.82, 2.24) is 9.55 Å². The Kier molecular flexibility index (Phi) is 3.68. The third kappa shape index (κ3) is 2.28. The highest BCUT2D eigenvalue weighted by molar-refractivity contribution is 7.80. The van der Waals surface area contributed by atoms with Crippen LogP contribution in [0.4, 0.5) is 0 Å². The quantitative estimate of drug-likeness (QED) is 0.564. The Morgan fingerprint density at radius 3 is 3.08 bits per heavy atom. The maximum Gasteiger partial charge on any atom is 0.212 e. The molecule has 0 saturated heterocycles. The molecule has 0 aliphatic rings. The smallest absolute Gasteiger partial charge is 0.212 e. The van der Waals surface area contributed by atoms with E-state index in [9.17, 15) is 0 Å². The fourth-order valence-corrected chi connectivity index (χ4v) is 1.22. The van der Waals surface area contributed by atoms with E-state index in [1.54, 1.807) is 6.20 Å². The number of unbranched alkanes of at least 4 members (excludes halogenated alkanes) is 1. The van der Waals surface area contributed by atoms with Crippen LogP contribution in [0.2, 0.25) is 0 Å². The van der Waals surface area contributed by atoms with E-state index >= 15 is 0 Å². The molecular formula is C8H11N3S. The van der Waals surface area contributed by atoms with Crippen molar-refractivity contribution in [2.75, 3.05) is 5.75 Å². The van der Waals surface area contributed by atoms with Gasteiger partial charge in [0.05, 0.1) is 0 Å². The summed E-state index contributed by atoms with van der Waals surface area (Å²) in [6, 6.07) is 2.04. The fourth-order valence-electron chi connectivity index (χ4n) is 0.997. The zero-order valence-electron chi connectivity index (χ0n) is 6.77. The minimum Gasteiger partial charge on any atom is -0.323 e.